The predicted octanol–water partition coefficient (Wildman–Crippen LogP) is 4.38. The number of hydrogen-bond donors (Lipinski definition) is 2. The third kappa shape index (κ3) is 3.95. The largest absolute Gasteiger partial charge is 0.507 e. The maximum absolute atomic E-state index is 12.3. The highest BCUT2D eigenvalue weighted by atomic mass is 35.5. The van der Waals surface area contributed by atoms with Crippen LogP contribution in [0.1, 0.15) is 17.3 Å². The number of carbonyl (C=O) groups is 2. The molecule has 0 aliphatic rings. The third-order valence-corrected chi connectivity index (χ3v) is 4.10. The quantitative estimate of drug-likeness (QED) is 0.669. The molecule has 0 bridgehead atoms. The van der Waals surface area contributed by atoms with Crippen molar-refractivity contribution in [2.75, 3.05) is 5.32 Å². The number of nitrogens with one attached hydrogen (secondary N) is 1. The average Bonchev–Trinajstić information content (AvgIpc) is 2.62. The number of anilines is 1. The lowest BCUT2D eigenvalue weighted by atomic mass is 10.1. The first kappa shape index (κ1) is 17.8. The molecule has 0 saturated heterocycles. The summed E-state index contributed by atoms with van der Waals surface area (Å²) in [6.45, 7) is 1.46. The Balaban J connectivity index is 1.71. The molecule has 1 amide bonds. The Morgan fingerprint density at radius 2 is 1.65 bits per heavy atom. The topological polar surface area (TPSA) is 75.6 Å². The molecule has 0 unspecified atom stereocenters. The lowest BCUT2D eigenvalue weighted by Gasteiger charge is -2.14. The zero-order chi connectivity index (χ0) is 18.7. The highest BCUT2D eigenvalue weighted by Gasteiger charge is 2.21. The van der Waals surface area contributed by atoms with Crippen LogP contribution in [0.5, 0.6) is 5.75 Å². The summed E-state index contributed by atoms with van der Waals surface area (Å²) < 4.78 is 5.19. The summed E-state index contributed by atoms with van der Waals surface area (Å²) in [7, 11) is 0. The van der Waals surface area contributed by atoms with Gasteiger partial charge in [-0.15, -0.1) is 0 Å². The van der Waals surface area contributed by atoms with Crippen LogP contribution in [0.25, 0.3) is 10.8 Å². The minimum atomic E-state index is -1.04. The van der Waals surface area contributed by atoms with Crippen molar-refractivity contribution in [2.45, 2.75) is 13.0 Å². The number of phenols is 1. The van der Waals surface area contributed by atoms with E-state index in [9.17, 15) is 14.7 Å². The van der Waals surface area contributed by atoms with Crippen molar-refractivity contribution in [1.82, 2.24) is 0 Å². The van der Waals surface area contributed by atoms with Gasteiger partial charge >= 0.3 is 5.97 Å². The molecule has 3 aromatic rings. The second-order valence-corrected chi connectivity index (χ2v) is 6.20. The van der Waals surface area contributed by atoms with Gasteiger partial charge in [-0.3, -0.25) is 4.79 Å². The Hall–Kier alpha value is -3.05. The molecule has 3 rings (SSSR count). The molecule has 0 aliphatic heterocycles. The summed E-state index contributed by atoms with van der Waals surface area (Å²) in [6.07, 6.45) is -1.04. The highest BCUT2D eigenvalue weighted by molar-refractivity contribution is 6.30. The lowest BCUT2D eigenvalue weighted by molar-refractivity contribution is -0.123. The van der Waals surface area contributed by atoms with Crippen molar-refractivity contribution in [3.8, 4) is 5.75 Å². The maximum atomic E-state index is 12.3. The number of benzene rings is 3. The predicted molar refractivity (Wildman–Crippen MR) is 101 cm³/mol. The summed E-state index contributed by atoms with van der Waals surface area (Å²) in [5.74, 6) is -1.45. The van der Waals surface area contributed by atoms with E-state index in [1.807, 2.05) is 24.3 Å². The summed E-state index contributed by atoms with van der Waals surface area (Å²) in [5.41, 5.74) is 0.547. The fourth-order valence-corrected chi connectivity index (χ4v) is 2.57. The number of ether oxygens (including phenoxy) is 1. The van der Waals surface area contributed by atoms with Gasteiger partial charge in [0, 0.05) is 10.7 Å². The number of rotatable bonds is 4. The molecule has 0 heterocycles. The van der Waals surface area contributed by atoms with Gasteiger partial charge in [-0.1, -0.05) is 35.9 Å². The van der Waals surface area contributed by atoms with Crippen molar-refractivity contribution in [3.05, 3.63) is 71.2 Å². The number of esters is 1. The van der Waals surface area contributed by atoms with E-state index in [0.29, 0.717) is 10.7 Å². The zero-order valence-corrected chi connectivity index (χ0v) is 14.7. The highest BCUT2D eigenvalue weighted by Crippen LogP contribution is 2.26. The smallest absolute Gasteiger partial charge is 0.342 e. The van der Waals surface area contributed by atoms with Gasteiger partial charge in [0.05, 0.1) is 0 Å². The minimum Gasteiger partial charge on any atom is -0.507 e. The SMILES string of the molecule is C[C@@H](OC(=O)c1cc2ccccc2cc1O)C(=O)Nc1ccc(Cl)cc1. The van der Waals surface area contributed by atoms with Crippen LogP contribution >= 0.6 is 11.6 Å². The molecule has 0 aromatic heterocycles. The molecular formula is C20H16ClNO4. The van der Waals surface area contributed by atoms with Crippen molar-refractivity contribution in [1.29, 1.82) is 0 Å². The van der Waals surface area contributed by atoms with E-state index >= 15 is 0 Å². The second-order valence-electron chi connectivity index (χ2n) is 5.76. The molecule has 5 nitrogen and oxygen atoms in total. The van der Waals surface area contributed by atoms with Gasteiger partial charge in [0.15, 0.2) is 6.10 Å². The number of aromatic hydroxyl groups is 1. The van der Waals surface area contributed by atoms with Crippen LogP contribution in [0, 0.1) is 0 Å². The number of carbonyl (C=O) groups excluding carboxylic acids is 2. The summed E-state index contributed by atoms with van der Waals surface area (Å²) in [6, 6.07) is 16.9. The maximum Gasteiger partial charge on any atom is 0.342 e. The average molecular weight is 370 g/mol. The number of fused-ring (bicyclic) bond motifs is 1. The van der Waals surface area contributed by atoms with E-state index in [1.54, 1.807) is 24.3 Å². The fourth-order valence-electron chi connectivity index (χ4n) is 2.45. The van der Waals surface area contributed by atoms with E-state index in [0.717, 1.165) is 10.8 Å². The summed E-state index contributed by atoms with van der Waals surface area (Å²) in [5, 5.41) is 14.8. The Bertz CT molecular complexity index is 969. The van der Waals surface area contributed by atoms with Crippen LogP contribution < -0.4 is 5.32 Å². The van der Waals surface area contributed by atoms with Gasteiger partial charge < -0.3 is 15.2 Å². The van der Waals surface area contributed by atoms with Crippen LogP contribution in [0.4, 0.5) is 5.69 Å². The van der Waals surface area contributed by atoms with Gasteiger partial charge in [-0.25, -0.2) is 4.79 Å². The number of hydrogen-bond acceptors (Lipinski definition) is 4. The first-order valence-electron chi connectivity index (χ1n) is 7.93. The molecule has 1 atom stereocenters. The first-order chi connectivity index (χ1) is 12.4. The van der Waals surface area contributed by atoms with Crippen LogP contribution in [0.2, 0.25) is 5.02 Å². The van der Waals surface area contributed by atoms with Crippen LogP contribution in [-0.4, -0.2) is 23.1 Å². The second kappa shape index (κ2) is 7.45. The summed E-state index contributed by atoms with van der Waals surface area (Å²) in [4.78, 5) is 24.5. The molecule has 0 saturated carbocycles. The Morgan fingerprint density at radius 3 is 2.31 bits per heavy atom. The molecule has 132 valence electrons. The lowest BCUT2D eigenvalue weighted by Crippen LogP contribution is -2.30. The van der Waals surface area contributed by atoms with Gasteiger partial charge in [0.25, 0.3) is 5.91 Å². The van der Waals surface area contributed by atoms with Crippen molar-refractivity contribution < 1.29 is 19.4 Å². The van der Waals surface area contributed by atoms with Crippen LogP contribution in [-0.2, 0) is 9.53 Å². The monoisotopic (exact) mass is 369 g/mol. The van der Waals surface area contributed by atoms with E-state index in [-0.39, 0.29) is 11.3 Å². The first-order valence-corrected chi connectivity index (χ1v) is 8.31. The van der Waals surface area contributed by atoms with Crippen molar-refractivity contribution >= 4 is 39.9 Å². The van der Waals surface area contributed by atoms with Crippen molar-refractivity contribution in [3.63, 3.8) is 0 Å². The Labute approximate surface area is 155 Å². The Morgan fingerprint density at radius 1 is 1.04 bits per heavy atom. The fraction of sp³-hybridized carbons (Fsp3) is 0.100. The molecule has 6 heteroatoms. The van der Waals surface area contributed by atoms with E-state index in [2.05, 4.69) is 5.32 Å². The van der Waals surface area contributed by atoms with Crippen LogP contribution in [0.15, 0.2) is 60.7 Å². The Kier molecular flexibility index (Phi) is 5.09. The molecule has 0 aliphatic carbocycles. The van der Waals surface area contributed by atoms with Crippen molar-refractivity contribution in [2.24, 2.45) is 0 Å². The standard InChI is InChI=1S/C20H16ClNO4/c1-12(19(24)22-16-8-6-15(21)7-9-16)26-20(25)17-10-13-4-2-3-5-14(13)11-18(17)23/h2-12,23H,1H3,(H,22,24)/t12-/m1/s1. The molecule has 0 fully saturated rings. The molecule has 26 heavy (non-hydrogen) atoms. The normalized spacial score (nSPS) is 11.8. The van der Waals surface area contributed by atoms with Crippen LogP contribution in [0.3, 0.4) is 0 Å². The molecule has 2 N–H and O–H groups in total. The van der Waals surface area contributed by atoms with Gasteiger partial charge in [-0.2, -0.15) is 0 Å². The summed E-state index contributed by atoms with van der Waals surface area (Å²) >= 11 is 5.80. The van der Waals surface area contributed by atoms with E-state index in [1.165, 1.54) is 19.1 Å². The molecule has 0 spiro atoms. The van der Waals surface area contributed by atoms with Gasteiger partial charge in [0.1, 0.15) is 11.3 Å². The zero-order valence-electron chi connectivity index (χ0n) is 13.9. The number of phenolic OH excluding ortho intramolecular Hbond substituents is 1. The van der Waals surface area contributed by atoms with Gasteiger partial charge in [0.2, 0.25) is 0 Å². The number of halogens is 1. The van der Waals surface area contributed by atoms with E-state index < -0.39 is 18.0 Å². The third-order valence-electron chi connectivity index (χ3n) is 3.85. The van der Waals surface area contributed by atoms with E-state index in [4.69, 9.17) is 16.3 Å². The number of amides is 1. The molecular weight excluding hydrogens is 354 g/mol. The van der Waals surface area contributed by atoms with Gasteiger partial charge in [-0.05, 0) is 54.1 Å². The molecule has 0 radical (unpaired) electrons. The minimum absolute atomic E-state index is 0.00911. The molecule has 3 aromatic carbocycles.